The molecule has 0 amide bonds. The van der Waals surface area contributed by atoms with Gasteiger partial charge in [-0.05, 0) is 39.0 Å². The summed E-state index contributed by atoms with van der Waals surface area (Å²) in [6.45, 7) is 3.38. The van der Waals surface area contributed by atoms with Crippen LogP contribution in [0.2, 0.25) is 0 Å². The van der Waals surface area contributed by atoms with Gasteiger partial charge in [-0.2, -0.15) is 0 Å². The van der Waals surface area contributed by atoms with E-state index in [1.165, 1.54) is 0 Å². The molecular weight excluding hydrogens is 171 g/mol. The van der Waals surface area contributed by atoms with Gasteiger partial charge in [0.2, 0.25) is 0 Å². The zero-order valence-electron chi connectivity index (χ0n) is 8.22. The Hall–Kier alpha value is -0.600. The van der Waals surface area contributed by atoms with Crippen molar-refractivity contribution in [1.82, 2.24) is 0 Å². The van der Waals surface area contributed by atoms with E-state index in [4.69, 9.17) is 5.11 Å². The van der Waals surface area contributed by atoms with Crippen LogP contribution in [0.3, 0.4) is 0 Å². The fourth-order valence-corrected chi connectivity index (χ4v) is 1.96. The van der Waals surface area contributed by atoms with Gasteiger partial charge in [0.05, 0.1) is 5.41 Å². The minimum absolute atomic E-state index is 0.00579. The average Bonchev–Trinajstić information content (AvgIpc) is 2.04. The van der Waals surface area contributed by atoms with E-state index >= 15 is 0 Å². The molecule has 2 atom stereocenters. The number of halogens is 1. The van der Waals surface area contributed by atoms with E-state index in [1.807, 2.05) is 0 Å². The predicted molar refractivity (Wildman–Crippen MR) is 48.3 cm³/mol. The Balaban J connectivity index is 2.64. The van der Waals surface area contributed by atoms with Crippen molar-refractivity contribution in [2.75, 3.05) is 0 Å². The van der Waals surface area contributed by atoms with E-state index in [-0.39, 0.29) is 5.92 Å². The number of carboxylic acid groups (broad SMARTS) is 1. The second-order valence-electron chi connectivity index (χ2n) is 4.49. The molecule has 1 rings (SSSR count). The third kappa shape index (κ3) is 2.20. The molecule has 0 aromatic rings. The molecule has 0 spiro atoms. The van der Waals surface area contributed by atoms with E-state index in [1.54, 1.807) is 13.8 Å². The standard InChI is InChI=1S/C10H17FO2/c1-10(2,9(12)13)7-4-3-5-8(11)6-7/h7-8H,3-6H2,1-2H3,(H,12,13). The van der Waals surface area contributed by atoms with Gasteiger partial charge in [-0.3, -0.25) is 4.79 Å². The van der Waals surface area contributed by atoms with Gasteiger partial charge in [0.25, 0.3) is 0 Å². The summed E-state index contributed by atoms with van der Waals surface area (Å²) >= 11 is 0. The molecule has 2 nitrogen and oxygen atoms in total. The highest BCUT2D eigenvalue weighted by molar-refractivity contribution is 5.74. The molecule has 0 heterocycles. The molecule has 0 bridgehead atoms. The maximum Gasteiger partial charge on any atom is 0.309 e. The lowest BCUT2D eigenvalue weighted by Gasteiger charge is -2.34. The summed E-state index contributed by atoms with van der Waals surface area (Å²) in [5.41, 5.74) is -0.773. The van der Waals surface area contributed by atoms with E-state index in [9.17, 15) is 9.18 Å². The molecule has 1 aliphatic rings. The van der Waals surface area contributed by atoms with Crippen molar-refractivity contribution in [3.63, 3.8) is 0 Å². The lowest BCUT2D eigenvalue weighted by Crippen LogP contribution is -2.36. The summed E-state index contributed by atoms with van der Waals surface area (Å²) in [6.07, 6.45) is 1.89. The largest absolute Gasteiger partial charge is 0.481 e. The summed E-state index contributed by atoms with van der Waals surface area (Å²) in [5.74, 6) is -0.819. The summed E-state index contributed by atoms with van der Waals surface area (Å²) < 4.78 is 13.0. The van der Waals surface area contributed by atoms with Crippen molar-refractivity contribution in [3.05, 3.63) is 0 Å². The van der Waals surface area contributed by atoms with Crippen LogP contribution in [0.1, 0.15) is 39.5 Å². The molecule has 0 aliphatic heterocycles. The molecule has 13 heavy (non-hydrogen) atoms. The fourth-order valence-electron chi connectivity index (χ4n) is 1.96. The highest BCUT2D eigenvalue weighted by Crippen LogP contribution is 2.39. The van der Waals surface area contributed by atoms with Gasteiger partial charge in [-0.25, -0.2) is 4.39 Å². The minimum Gasteiger partial charge on any atom is -0.481 e. The lowest BCUT2D eigenvalue weighted by molar-refractivity contribution is -0.151. The first-order valence-corrected chi connectivity index (χ1v) is 4.82. The quantitative estimate of drug-likeness (QED) is 0.723. The zero-order valence-corrected chi connectivity index (χ0v) is 8.22. The Kier molecular flexibility index (Phi) is 2.94. The molecule has 1 N–H and O–H groups in total. The molecule has 0 aromatic heterocycles. The van der Waals surface area contributed by atoms with Crippen LogP contribution in [-0.4, -0.2) is 17.2 Å². The predicted octanol–water partition coefficient (Wildman–Crippen LogP) is 2.63. The lowest BCUT2D eigenvalue weighted by atomic mass is 9.71. The smallest absolute Gasteiger partial charge is 0.309 e. The molecule has 1 saturated carbocycles. The van der Waals surface area contributed by atoms with Crippen molar-refractivity contribution in [2.24, 2.45) is 11.3 Å². The third-order valence-electron chi connectivity index (χ3n) is 3.18. The highest BCUT2D eigenvalue weighted by Gasteiger charge is 2.39. The number of carboxylic acids is 1. The Bertz CT molecular complexity index is 201. The van der Waals surface area contributed by atoms with Crippen LogP contribution >= 0.6 is 0 Å². The second kappa shape index (κ2) is 3.64. The Morgan fingerprint density at radius 1 is 1.46 bits per heavy atom. The van der Waals surface area contributed by atoms with Crippen molar-refractivity contribution in [1.29, 1.82) is 0 Å². The van der Waals surface area contributed by atoms with Crippen molar-refractivity contribution in [2.45, 2.75) is 45.7 Å². The number of aliphatic carboxylic acids is 1. The zero-order chi connectivity index (χ0) is 10.1. The molecule has 3 heteroatoms. The summed E-state index contributed by atoms with van der Waals surface area (Å²) in [5, 5.41) is 8.96. The third-order valence-corrected chi connectivity index (χ3v) is 3.18. The maximum atomic E-state index is 13.0. The molecule has 0 aromatic carbocycles. The fraction of sp³-hybridized carbons (Fsp3) is 0.900. The number of rotatable bonds is 2. The van der Waals surface area contributed by atoms with E-state index in [0.29, 0.717) is 12.8 Å². The van der Waals surface area contributed by atoms with Gasteiger partial charge >= 0.3 is 5.97 Å². The molecular formula is C10H17FO2. The highest BCUT2D eigenvalue weighted by atomic mass is 19.1. The number of carbonyl (C=O) groups is 1. The number of alkyl halides is 1. The summed E-state index contributed by atoms with van der Waals surface area (Å²) in [6, 6.07) is 0. The van der Waals surface area contributed by atoms with Crippen molar-refractivity contribution in [3.8, 4) is 0 Å². The number of hydrogen-bond donors (Lipinski definition) is 1. The molecule has 2 unspecified atom stereocenters. The van der Waals surface area contributed by atoms with Gasteiger partial charge in [0.1, 0.15) is 6.17 Å². The van der Waals surface area contributed by atoms with Crippen LogP contribution in [0.25, 0.3) is 0 Å². The Morgan fingerprint density at radius 3 is 2.54 bits per heavy atom. The van der Waals surface area contributed by atoms with E-state index in [0.717, 1.165) is 12.8 Å². The summed E-state index contributed by atoms with van der Waals surface area (Å²) in [4.78, 5) is 10.9. The Labute approximate surface area is 78.1 Å². The first kappa shape index (κ1) is 10.5. The molecule has 1 aliphatic carbocycles. The van der Waals surface area contributed by atoms with Crippen LogP contribution < -0.4 is 0 Å². The molecule has 0 radical (unpaired) electrons. The van der Waals surface area contributed by atoms with Gasteiger partial charge < -0.3 is 5.11 Å². The van der Waals surface area contributed by atoms with E-state index in [2.05, 4.69) is 0 Å². The minimum atomic E-state index is -0.813. The molecule has 0 saturated heterocycles. The summed E-state index contributed by atoms with van der Waals surface area (Å²) in [7, 11) is 0. The second-order valence-corrected chi connectivity index (χ2v) is 4.49. The van der Waals surface area contributed by atoms with Crippen molar-refractivity contribution < 1.29 is 14.3 Å². The van der Waals surface area contributed by atoms with Crippen LogP contribution in [0.15, 0.2) is 0 Å². The monoisotopic (exact) mass is 188 g/mol. The van der Waals surface area contributed by atoms with Crippen molar-refractivity contribution >= 4 is 5.97 Å². The molecule has 1 fully saturated rings. The topological polar surface area (TPSA) is 37.3 Å². The molecule has 76 valence electrons. The average molecular weight is 188 g/mol. The maximum absolute atomic E-state index is 13.0. The van der Waals surface area contributed by atoms with Gasteiger partial charge in [0.15, 0.2) is 0 Å². The number of hydrogen-bond acceptors (Lipinski definition) is 1. The first-order chi connectivity index (χ1) is 5.94. The Morgan fingerprint density at radius 2 is 2.08 bits per heavy atom. The SMILES string of the molecule is CC(C)(C(=O)O)C1CCCC(F)C1. The normalized spacial score (nSPS) is 30.1. The first-order valence-electron chi connectivity index (χ1n) is 4.82. The van der Waals surface area contributed by atoms with Gasteiger partial charge in [-0.1, -0.05) is 6.42 Å². The van der Waals surface area contributed by atoms with Gasteiger partial charge in [-0.15, -0.1) is 0 Å². The van der Waals surface area contributed by atoms with Crippen LogP contribution in [0.4, 0.5) is 4.39 Å². The van der Waals surface area contributed by atoms with E-state index < -0.39 is 17.6 Å². The van der Waals surface area contributed by atoms with Gasteiger partial charge in [0, 0.05) is 0 Å². The van der Waals surface area contributed by atoms with Crippen LogP contribution in [0, 0.1) is 11.3 Å². The van der Waals surface area contributed by atoms with Crippen LogP contribution in [0.5, 0.6) is 0 Å². The van der Waals surface area contributed by atoms with Crippen LogP contribution in [-0.2, 0) is 4.79 Å².